The van der Waals surface area contributed by atoms with Crippen LogP contribution in [0.25, 0.3) is 0 Å². The highest BCUT2D eigenvalue weighted by Gasteiger charge is 2.13. The predicted octanol–water partition coefficient (Wildman–Crippen LogP) is 3.58. The monoisotopic (exact) mass is 409 g/mol. The molecule has 1 heterocycles. The number of hydrogen-bond acceptors (Lipinski definition) is 5. The molecule has 8 heteroatoms. The Labute approximate surface area is 173 Å². The molecule has 0 aliphatic rings. The van der Waals surface area contributed by atoms with Crippen molar-refractivity contribution in [2.24, 2.45) is 0 Å². The minimum Gasteiger partial charge on any atom is -0.326 e. The molecule has 2 amide bonds. The number of hydrogen-bond donors (Lipinski definition) is 2. The molecule has 0 aliphatic heterocycles. The van der Waals surface area contributed by atoms with Crippen molar-refractivity contribution >= 4 is 35.0 Å². The van der Waals surface area contributed by atoms with E-state index in [0.29, 0.717) is 17.8 Å². The number of carbonyl (C=O) groups is 2. The maximum atomic E-state index is 12.3. The van der Waals surface area contributed by atoms with Gasteiger partial charge in [0.1, 0.15) is 5.82 Å². The second-order valence-corrected chi connectivity index (χ2v) is 7.34. The van der Waals surface area contributed by atoms with Crippen molar-refractivity contribution in [2.75, 3.05) is 16.4 Å². The summed E-state index contributed by atoms with van der Waals surface area (Å²) in [6.07, 6.45) is 0.703. The third-order valence-electron chi connectivity index (χ3n) is 4.14. The predicted molar refractivity (Wildman–Crippen MR) is 115 cm³/mol. The lowest BCUT2D eigenvalue weighted by atomic mass is 10.1. The van der Waals surface area contributed by atoms with Crippen molar-refractivity contribution < 1.29 is 9.59 Å². The SMILES string of the molecule is CCn1c(Cc2ccccc2)nnc1SCC(=O)Nc1ccc(NC(C)=O)cc1. The van der Waals surface area contributed by atoms with Crippen LogP contribution in [0.5, 0.6) is 0 Å². The summed E-state index contributed by atoms with van der Waals surface area (Å²) in [5.41, 5.74) is 2.53. The molecular weight excluding hydrogens is 386 g/mol. The average molecular weight is 410 g/mol. The number of aromatic nitrogens is 3. The van der Waals surface area contributed by atoms with Gasteiger partial charge in [-0.1, -0.05) is 42.1 Å². The van der Waals surface area contributed by atoms with E-state index in [2.05, 4.69) is 33.0 Å². The van der Waals surface area contributed by atoms with Crippen molar-refractivity contribution in [2.45, 2.75) is 32.0 Å². The van der Waals surface area contributed by atoms with Crippen molar-refractivity contribution in [1.82, 2.24) is 14.8 Å². The van der Waals surface area contributed by atoms with Crippen LogP contribution in [0.3, 0.4) is 0 Å². The van der Waals surface area contributed by atoms with Gasteiger partial charge in [-0.15, -0.1) is 10.2 Å². The third-order valence-corrected chi connectivity index (χ3v) is 5.10. The van der Waals surface area contributed by atoms with Crippen LogP contribution in [0.2, 0.25) is 0 Å². The molecule has 0 fully saturated rings. The van der Waals surface area contributed by atoms with Crippen molar-refractivity contribution in [3.05, 3.63) is 66.0 Å². The Hall–Kier alpha value is -3.13. The van der Waals surface area contributed by atoms with Crippen LogP contribution in [0.15, 0.2) is 59.8 Å². The molecule has 0 spiro atoms. The number of nitrogens with zero attached hydrogens (tertiary/aromatic N) is 3. The molecule has 2 aromatic carbocycles. The summed E-state index contributed by atoms with van der Waals surface area (Å²) in [5.74, 6) is 0.856. The summed E-state index contributed by atoms with van der Waals surface area (Å²) < 4.78 is 2.03. The van der Waals surface area contributed by atoms with Gasteiger partial charge in [-0.25, -0.2) is 0 Å². The van der Waals surface area contributed by atoms with Crippen molar-refractivity contribution in [3.8, 4) is 0 Å². The quantitative estimate of drug-likeness (QED) is 0.555. The first-order valence-electron chi connectivity index (χ1n) is 9.31. The maximum absolute atomic E-state index is 12.3. The van der Waals surface area contributed by atoms with Crippen molar-refractivity contribution in [1.29, 1.82) is 0 Å². The lowest BCUT2D eigenvalue weighted by molar-refractivity contribution is -0.114. The normalized spacial score (nSPS) is 10.6. The first kappa shape index (κ1) is 20.6. The smallest absolute Gasteiger partial charge is 0.234 e. The van der Waals surface area contributed by atoms with E-state index < -0.39 is 0 Å². The molecule has 0 bridgehead atoms. The zero-order valence-electron chi connectivity index (χ0n) is 16.4. The molecule has 0 unspecified atom stereocenters. The van der Waals surface area contributed by atoms with Gasteiger partial charge in [0.05, 0.1) is 5.75 Å². The van der Waals surface area contributed by atoms with E-state index in [4.69, 9.17) is 0 Å². The number of thioether (sulfide) groups is 1. The number of amides is 2. The Morgan fingerprint density at radius 1 is 0.966 bits per heavy atom. The van der Waals surface area contributed by atoms with Gasteiger partial charge in [0.15, 0.2) is 5.16 Å². The largest absolute Gasteiger partial charge is 0.326 e. The lowest BCUT2D eigenvalue weighted by Crippen LogP contribution is -2.15. The van der Waals surface area contributed by atoms with E-state index in [1.807, 2.05) is 29.7 Å². The highest BCUT2D eigenvalue weighted by molar-refractivity contribution is 7.99. The van der Waals surface area contributed by atoms with Crippen LogP contribution >= 0.6 is 11.8 Å². The molecule has 2 N–H and O–H groups in total. The van der Waals surface area contributed by atoms with E-state index in [1.54, 1.807) is 24.3 Å². The van der Waals surface area contributed by atoms with Crippen LogP contribution in [0, 0.1) is 0 Å². The minimum absolute atomic E-state index is 0.127. The second kappa shape index (κ2) is 9.88. The summed E-state index contributed by atoms with van der Waals surface area (Å²) >= 11 is 1.36. The number of benzene rings is 2. The van der Waals surface area contributed by atoms with Crippen LogP contribution in [-0.4, -0.2) is 32.3 Å². The molecular formula is C21H23N5O2S. The molecule has 3 aromatic rings. The van der Waals surface area contributed by atoms with Gasteiger partial charge in [-0.3, -0.25) is 9.59 Å². The molecule has 1 aromatic heterocycles. The Balaban J connectivity index is 1.56. The molecule has 7 nitrogen and oxygen atoms in total. The first-order chi connectivity index (χ1) is 14.0. The minimum atomic E-state index is -0.134. The average Bonchev–Trinajstić information content (AvgIpc) is 3.09. The fourth-order valence-corrected chi connectivity index (χ4v) is 3.64. The summed E-state index contributed by atoms with van der Waals surface area (Å²) in [5, 5.41) is 14.8. The number of carbonyl (C=O) groups excluding carboxylic acids is 2. The highest BCUT2D eigenvalue weighted by Crippen LogP contribution is 2.20. The Morgan fingerprint density at radius 2 is 1.62 bits per heavy atom. The molecule has 0 aliphatic carbocycles. The van der Waals surface area contributed by atoms with Crippen LogP contribution in [0.4, 0.5) is 11.4 Å². The molecule has 0 radical (unpaired) electrons. The van der Waals surface area contributed by atoms with Gasteiger partial charge in [0, 0.05) is 31.3 Å². The van der Waals surface area contributed by atoms with Gasteiger partial charge in [0.2, 0.25) is 11.8 Å². The van der Waals surface area contributed by atoms with Gasteiger partial charge in [0.25, 0.3) is 0 Å². The van der Waals surface area contributed by atoms with E-state index in [-0.39, 0.29) is 17.6 Å². The van der Waals surface area contributed by atoms with E-state index in [0.717, 1.165) is 17.5 Å². The van der Waals surface area contributed by atoms with Crippen LogP contribution in [-0.2, 0) is 22.6 Å². The topological polar surface area (TPSA) is 88.9 Å². The van der Waals surface area contributed by atoms with Crippen LogP contribution in [0.1, 0.15) is 25.2 Å². The van der Waals surface area contributed by atoms with Gasteiger partial charge in [-0.2, -0.15) is 0 Å². The van der Waals surface area contributed by atoms with E-state index >= 15 is 0 Å². The Morgan fingerprint density at radius 3 is 2.24 bits per heavy atom. The fraction of sp³-hybridized carbons (Fsp3) is 0.238. The number of rotatable bonds is 8. The molecule has 3 rings (SSSR count). The van der Waals surface area contributed by atoms with Gasteiger partial charge in [-0.05, 0) is 36.8 Å². The summed E-state index contributed by atoms with van der Waals surface area (Å²) in [4.78, 5) is 23.3. The zero-order chi connectivity index (χ0) is 20.6. The summed E-state index contributed by atoms with van der Waals surface area (Å²) in [7, 11) is 0. The highest BCUT2D eigenvalue weighted by atomic mass is 32.2. The lowest BCUT2D eigenvalue weighted by Gasteiger charge is -2.08. The van der Waals surface area contributed by atoms with E-state index in [1.165, 1.54) is 24.2 Å². The molecule has 0 saturated carbocycles. The first-order valence-corrected chi connectivity index (χ1v) is 10.3. The fourth-order valence-electron chi connectivity index (χ4n) is 2.82. The van der Waals surface area contributed by atoms with Gasteiger partial charge < -0.3 is 15.2 Å². The second-order valence-electron chi connectivity index (χ2n) is 6.40. The number of nitrogens with one attached hydrogen (secondary N) is 2. The Kier molecular flexibility index (Phi) is 7.02. The third kappa shape index (κ3) is 5.92. The molecule has 150 valence electrons. The molecule has 0 saturated heterocycles. The van der Waals surface area contributed by atoms with E-state index in [9.17, 15) is 9.59 Å². The standard InChI is InChI=1S/C21H23N5O2S/c1-3-26-19(13-16-7-5-4-6-8-16)24-25-21(26)29-14-20(28)23-18-11-9-17(10-12-18)22-15(2)27/h4-12H,3,13-14H2,1-2H3,(H,22,27)(H,23,28). The zero-order valence-corrected chi connectivity index (χ0v) is 17.2. The molecule has 29 heavy (non-hydrogen) atoms. The summed E-state index contributed by atoms with van der Waals surface area (Å²) in [6, 6.07) is 17.1. The van der Waals surface area contributed by atoms with Crippen molar-refractivity contribution in [3.63, 3.8) is 0 Å². The number of anilines is 2. The maximum Gasteiger partial charge on any atom is 0.234 e. The molecule has 0 atom stereocenters. The summed E-state index contributed by atoms with van der Waals surface area (Å²) in [6.45, 7) is 4.23. The van der Waals surface area contributed by atoms with Gasteiger partial charge >= 0.3 is 0 Å². The Bertz CT molecular complexity index is 970. The van der Waals surface area contributed by atoms with Crippen LogP contribution < -0.4 is 10.6 Å².